The first kappa shape index (κ1) is 28.1. The van der Waals surface area contributed by atoms with Crippen LogP contribution in [0.2, 0.25) is 0 Å². The normalized spacial score (nSPS) is 15.9. The fourth-order valence-electron chi connectivity index (χ4n) is 1.90. The average molecular weight is 560 g/mol. The van der Waals surface area contributed by atoms with Crippen LogP contribution in [-0.2, 0) is 18.8 Å². The summed E-state index contributed by atoms with van der Waals surface area (Å²) in [4.78, 5) is 38.1. The lowest BCUT2D eigenvalue weighted by Crippen LogP contribution is -2.21. The number of hydrogen-bond donors (Lipinski definition) is 8. The summed E-state index contributed by atoms with van der Waals surface area (Å²) >= 11 is 1.22. The predicted octanol–water partition coefficient (Wildman–Crippen LogP) is 0.638. The van der Waals surface area contributed by atoms with Gasteiger partial charge in [-0.1, -0.05) is 10.3 Å². The van der Waals surface area contributed by atoms with E-state index in [0.717, 1.165) is 0 Å². The first-order chi connectivity index (χ1) is 16.2. The monoisotopic (exact) mass is 560 g/mol. The largest absolute Gasteiger partial charge is 0.396 e. The quantitative estimate of drug-likeness (QED) is 0.0844. The van der Waals surface area contributed by atoms with Crippen LogP contribution in [0.3, 0.4) is 0 Å². The van der Waals surface area contributed by atoms with Crippen molar-refractivity contribution in [3.05, 3.63) is 11.6 Å². The molecule has 0 radical (unpaired) electrons. The molecule has 2 rings (SSSR count). The molecule has 2 heterocycles. The Labute approximate surface area is 200 Å². The summed E-state index contributed by atoms with van der Waals surface area (Å²) in [5, 5.41) is 28.7. The highest BCUT2D eigenvalue weighted by molar-refractivity contribution is 8.32. The van der Waals surface area contributed by atoms with Crippen molar-refractivity contribution in [2.75, 3.05) is 36.5 Å². The van der Waals surface area contributed by atoms with Gasteiger partial charge in [0, 0.05) is 23.1 Å². The smallest absolute Gasteiger partial charge is 0.395 e. The zero-order valence-corrected chi connectivity index (χ0v) is 21.1. The summed E-state index contributed by atoms with van der Waals surface area (Å²) in [6.07, 6.45) is 0. The molecule has 0 saturated heterocycles. The minimum Gasteiger partial charge on any atom is -0.396 e. The van der Waals surface area contributed by atoms with Crippen LogP contribution in [0, 0.1) is 0 Å². The van der Waals surface area contributed by atoms with Crippen LogP contribution in [0.5, 0.6) is 0 Å². The Balaban J connectivity index is 2.16. The SMILES string of the molecule is CCON=C(CNO)c1nsc(NP(=O)(O)P(=O)(O)Nc2nc(C(CNO)=NOCC)ns2)n1. The summed E-state index contributed by atoms with van der Waals surface area (Å²) in [5.74, 6) is -0.0915. The second-order valence-corrected chi connectivity index (χ2v) is 13.1. The van der Waals surface area contributed by atoms with E-state index in [1.54, 1.807) is 13.8 Å². The molecule has 2 aromatic rings. The van der Waals surface area contributed by atoms with Crippen LogP contribution in [-0.4, -0.2) is 76.6 Å². The third kappa shape index (κ3) is 7.70. The van der Waals surface area contributed by atoms with Crippen LogP contribution in [0.15, 0.2) is 10.3 Å². The molecule has 0 aliphatic rings. The highest BCUT2D eigenvalue weighted by Crippen LogP contribution is 2.75. The summed E-state index contributed by atoms with van der Waals surface area (Å²) in [5.41, 5.74) is 3.88. The van der Waals surface area contributed by atoms with Gasteiger partial charge in [0.05, 0.1) is 13.1 Å². The minimum absolute atomic E-state index is 0.0457. The van der Waals surface area contributed by atoms with E-state index in [9.17, 15) is 18.9 Å². The number of nitrogens with zero attached hydrogens (tertiary/aromatic N) is 6. The Bertz CT molecular complexity index is 1010. The molecule has 0 saturated carbocycles. The maximum absolute atomic E-state index is 12.6. The van der Waals surface area contributed by atoms with Gasteiger partial charge in [0.2, 0.25) is 10.3 Å². The standard InChI is InChI=1S/C12H22N10O8P2S2/c1-3-29-17-7(5-13-23)9-15-11(33-21-9)19-31(25,26)32(27,28)20-12-16-10(22-34-12)8(6-14-24)18-30-4-2/h13-14,23-24H,3-6H2,1-2H3,(H2,15,19,21,25,26)(H2,16,20,22,27,28). The molecule has 22 heteroatoms. The number of nitrogens with one attached hydrogen (secondary N) is 4. The molecule has 2 unspecified atom stereocenters. The first-order valence-electron chi connectivity index (χ1n) is 9.19. The van der Waals surface area contributed by atoms with Crippen LogP contribution < -0.4 is 21.1 Å². The van der Waals surface area contributed by atoms with E-state index in [2.05, 4.69) is 29.0 Å². The maximum atomic E-state index is 12.6. The number of oxime groups is 2. The van der Waals surface area contributed by atoms with Gasteiger partial charge in [-0.05, 0) is 13.8 Å². The first-order valence-corrected chi connectivity index (χ1v) is 14.8. The molecule has 0 aliphatic heterocycles. The Morgan fingerprint density at radius 1 is 0.853 bits per heavy atom. The van der Waals surface area contributed by atoms with Crippen molar-refractivity contribution in [1.29, 1.82) is 0 Å². The topological polar surface area (TPSA) is 258 Å². The highest BCUT2D eigenvalue weighted by atomic mass is 32.1. The van der Waals surface area contributed by atoms with Gasteiger partial charge < -0.3 is 29.9 Å². The third-order valence-electron chi connectivity index (χ3n) is 3.32. The van der Waals surface area contributed by atoms with Crippen molar-refractivity contribution in [2.24, 2.45) is 10.3 Å². The van der Waals surface area contributed by atoms with Crippen LogP contribution in [0.1, 0.15) is 25.5 Å². The Morgan fingerprint density at radius 2 is 1.24 bits per heavy atom. The van der Waals surface area contributed by atoms with Gasteiger partial charge in [-0.3, -0.25) is 19.3 Å². The highest BCUT2D eigenvalue weighted by Gasteiger charge is 2.44. The minimum atomic E-state index is -5.03. The van der Waals surface area contributed by atoms with Gasteiger partial charge in [0.15, 0.2) is 11.6 Å². The molecular formula is C12H22N10O8P2S2. The lowest BCUT2D eigenvalue weighted by molar-refractivity contribution is 0.153. The van der Waals surface area contributed by atoms with Gasteiger partial charge >= 0.3 is 14.4 Å². The average Bonchev–Trinajstić information content (AvgIpc) is 3.43. The summed E-state index contributed by atoms with van der Waals surface area (Å²) in [6.45, 7) is 3.45. The molecule has 34 heavy (non-hydrogen) atoms. The summed E-state index contributed by atoms with van der Waals surface area (Å²) in [6, 6.07) is 0. The van der Waals surface area contributed by atoms with E-state index in [4.69, 9.17) is 20.1 Å². The maximum Gasteiger partial charge on any atom is 0.395 e. The zero-order chi connectivity index (χ0) is 25.2. The predicted molar refractivity (Wildman–Crippen MR) is 123 cm³/mol. The molecular weight excluding hydrogens is 538 g/mol. The van der Waals surface area contributed by atoms with Gasteiger partial charge in [-0.2, -0.15) is 29.7 Å². The van der Waals surface area contributed by atoms with E-state index in [-0.39, 0.29) is 59.6 Å². The van der Waals surface area contributed by atoms with Crippen molar-refractivity contribution >= 4 is 59.2 Å². The number of anilines is 2. The Hall–Kier alpha value is -2.12. The van der Waals surface area contributed by atoms with Crippen molar-refractivity contribution in [3.63, 3.8) is 0 Å². The molecule has 0 amide bonds. The number of hydrogen-bond acceptors (Lipinski definition) is 16. The van der Waals surface area contributed by atoms with E-state index < -0.39 is 14.4 Å². The Kier molecular flexibility index (Phi) is 10.8. The van der Waals surface area contributed by atoms with Gasteiger partial charge in [0.1, 0.15) is 24.6 Å². The van der Waals surface area contributed by atoms with Crippen LogP contribution >= 0.6 is 37.5 Å². The fraction of sp³-hybridized carbons (Fsp3) is 0.500. The van der Waals surface area contributed by atoms with Crippen LogP contribution in [0.4, 0.5) is 10.3 Å². The van der Waals surface area contributed by atoms with Crippen molar-refractivity contribution < 1.29 is 39.0 Å². The second-order valence-electron chi connectivity index (χ2n) is 5.74. The summed E-state index contributed by atoms with van der Waals surface area (Å²) in [7, 11) is -10.1. The molecule has 0 spiro atoms. The molecule has 18 nitrogen and oxygen atoms in total. The van der Waals surface area contributed by atoms with E-state index in [1.165, 1.54) is 0 Å². The van der Waals surface area contributed by atoms with Crippen molar-refractivity contribution in [1.82, 2.24) is 29.7 Å². The second kappa shape index (κ2) is 13.1. The number of hydroxylamine groups is 2. The molecule has 190 valence electrons. The van der Waals surface area contributed by atoms with Gasteiger partial charge in [0.25, 0.3) is 0 Å². The molecule has 2 atom stereocenters. The lowest BCUT2D eigenvalue weighted by Gasteiger charge is -2.18. The van der Waals surface area contributed by atoms with Gasteiger partial charge in [-0.25, -0.2) is 0 Å². The van der Waals surface area contributed by atoms with E-state index >= 15 is 0 Å². The number of aromatic nitrogens is 4. The summed E-state index contributed by atoms with van der Waals surface area (Å²) < 4.78 is 33.1. The van der Waals surface area contributed by atoms with E-state index in [0.29, 0.717) is 23.1 Å². The molecule has 8 N–H and O–H groups in total. The third-order valence-corrected chi connectivity index (χ3v) is 9.43. The zero-order valence-electron chi connectivity index (χ0n) is 17.6. The number of rotatable bonds is 15. The van der Waals surface area contributed by atoms with Crippen LogP contribution in [0.25, 0.3) is 0 Å². The lowest BCUT2D eigenvalue weighted by atomic mass is 10.4. The molecule has 2 aromatic heterocycles. The fourth-order valence-corrected chi connectivity index (χ4v) is 6.51. The van der Waals surface area contributed by atoms with E-state index in [1.807, 2.05) is 21.1 Å². The molecule has 0 aliphatic carbocycles. The molecule has 0 fully saturated rings. The van der Waals surface area contributed by atoms with Crippen molar-refractivity contribution in [3.8, 4) is 0 Å². The molecule has 0 aromatic carbocycles. The Morgan fingerprint density at radius 3 is 1.56 bits per heavy atom. The van der Waals surface area contributed by atoms with Gasteiger partial charge in [-0.15, -0.1) is 0 Å². The molecule has 0 bridgehead atoms. The van der Waals surface area contributed by atoms with Crippen molar-refractivity contribution in [2.45, 2.75) is 13.8 Å².